The van der Waals surface area contributed by atoms with Crippen LogP contribution in [0.5, 0.6) is 0 Å². The van der Waals surface area contributed by atoms with Crippen molar-refractivity contribution < 1.29 is 9.32 Å². The van der Waals surface area contributed by atoms with Crippen LogP contribution in [-0.2, 0) is 16.6 Å². The number of amides is 1. The molecule has 4 nitrogen and oxygen atoms in total. The second kappa shape index (κ2) is 3.84. The van der Waals surface area contributed by atoms with Crippen molar-refractivity contribution in [1.82, 2.24) is 10.1 Å². The van der Waals surface area contributed by atoms with E-state index in [-0.39, 0.29) is 16.9 Å². The first-order valence-electron chi connectivity index (χ1n) is 7.08. The lowest BCUT2D eigenvalue weighted by Gasteiger charge is -2.52. The largest absolute Gasteiger partial charge is 0.361 e. The second-order valence-corrected chi connectivity index (χ2v) is 6.83. The number of carbonyl (C=O) groups is 1. The summed E-state index contributed by atoms with van der Waals surface area (Å²) in [4.78, 5) is 14.2. The fourth-order valence-corrected chi connectivity index (χ4v) is 4.30. The highest BCUT2D eigenvalue weighted by atomic mass is 16.5. The quantitative estimate of drug-likeness (QED) is 0.721. The number of rotatable bonds is 0. The third-order valence-corrected chi connectivity index (χ3v) is 5.42. The van der Waals surface area contributed by atoms with Gasteiger partial charge in [-0.1, -0.05) is 19.0 Å². The zero-order valence-corrected chi connectivity index (χ0v) is 12.2. The highest BCUT2D eigenvalue weighted by Crippen LogP contribution is 2.51. The second-order valence-electron chi connectivity index (χ2n) is 6.83. The van der Waals surface area contributed by atoms with Gasteiger partial charge in [-0.3, -0.25) is 4.79 Å². The van der Waals surface area contributed by atoms with E-state index in [0.29, 0.717) is 12.3 Å². The minimum atomic E-state index is -0.129. The molecule has 0 saturated carbocycles. The first kappa shape index (κ1) is 12.7. The van der Waals surface area contributed by atoms with Crippen LogP contribution < -0.4 is 0 Å². The molecule has 3 rings (SSSR count). The third kappa shape index (κ3) is 1.58. The molecule has 0 aromatic carbocycles. The molecule has 0 N–H and O–H groups in total. The van der Waals surface area contributed by atoms with E-state index in [1.165, 1.54) is 0 Å². The summed E-state index contributed by atoms with van der Waals surface area (Å²) in [6.45, 7) is 6.67. The molecule has 1 aromatic rings. The summed E-state index contributed by atoms with van der Waals surface area (Å²) in [5, 5.41) is 3.98. The van der Waals surface area contributed by atoms with Crippen LogP contribution >= 0.6 is 0 Å². The number of aromatic nitrogens is 1. The van der Waals surface area contributed by atoms with Gasteiger partial charge in [-0.15, -0.1) is 0 Å². The Morgan fingerprint density at radius 2 is 2.16 bits per heavy atom. The van der Waals surface area contributed by atoms with Gasteiger partial charge in [0.2, 0.25) is 5.91 Å². The minimum Gasteiger partial charge on any atom is -0.361 e. The molecule has 2 aliphatic rings. The molecule has 1 amide bonds. The topological polar surface area (TPSA) is 46.3 Å². The standard InChI is InChI=1S/C15H22N2O2/c1-14(2)11-6-5-7-12(18)17(4)15(11,3)8-10-9-16-19-13(10)14/h9,11H,5-8H2,1-4H3/t11-,15-/m0/s1. The SMILES string of the molecule is CN1C(=O)CCC[C@H]2C(C)(C)c3oncc3C[C@@]21C. The molecular formula is C15H22N2O2. The van der Waals surface area contributed by atoms with Crippen molar-refractivity contribution in [3.05, 3.63) is 17.5 Å². The van der Waals surface area contributed by atoms with Gasteiger partial charge in [-0.2, -0.15) is 0 Å². The summed E-state index contributed by atoms with van der Waals surface area (Å²) in [7, 11) is 1.95. The number of fused-ring (bicyclic) bond motifs is 2. The molecular weight excluding hydrogens is 240 g/mol. The lowest BCUT2D eigenvalue weighted by molar-refractivity contribution is -0.137. The van der Waals surface area contributed by atoms with E-state index >= 15 is 0 Å². The molecule has 4 heteroatoms. The summed E-state index contributed by atoms with van der Waals surface area (Å²) in [6, 6.07) is 0. The number of nitrogens with zero attached hydrogens (tertiary/aromatic N) is 2. The number of hydrogen-bond acceptors (Lipinski definition) is 3. The summed E-state index contributed by atoms with van der Waals surface area (Å²) in [6.07, 6.45) is 5.37. The van der Waals surface area contributed by atoms with Crippen molar-refractivity contribution in [2.45, 2.75) is 57.4 Å². The molecule has 0 radical (unpaired) electrons. The maximum Gasteiger partial charge on any atom is 0.222 e. The molecule has 19 heavy (non-hydrogen) atoms. The maximum absolute atomic E-state index is 12.2. The average Bonchev–Trinajstić information content (AvgIpc) is 2.76. The summed E-state index contributed by atoms with van der Waals surface area (Å²) in [5.41, 5.74) is 0.957. The van der Waals surface area contributed by atoms with Crippen LogP contribution in [0.3, 0.4) is 0 Å². The van der Waals surface area contributed by atoms with Crippen LogP contribution in [0.15, 0.2) is 10.7 Å². The number of hydrogen-bond donors (Lipinski definition) is 0. The van der Waals surface area contributed by atoms with E-state index < -0.39 is 0 Å². The highest BCUT2D eigenvalue weighted by Gasteiger charge is 2.54. The van der Waals surface area contributed by atoms with Crippen LogP contribution in [0, 0.1) is 5.92 Å². The molecule has 0 spiro atoms. The molecule has 2 heterocycles. The Morgan fingerprint density at radius 1 is 1.42 bits per heavy atom. The number of carbonyl (C=O) groups excluding carboxylic acids is 1. The molecule has 0 bridgehead atoms. The van der Waals surface area contributed by atoms with Gasteiger partial charge in [0.05, 0.1) is 6.20 Å². The number of likely N-dealkylation sites (tertiary alicyclic amines) is 1. The Morgan fingerprint density at radius 3 is 2.89 bits per heavy atom. The van der Waals surface area contributed by atoms with Gasteiger partial charge in [0.1, 0.15) is 5.76 Å². The Balaban J connectivity index is 2.15. The van der Waals surface area contributed by atoms with Crippen LogP contribution in [-0.4, -0.2) is 28.6 Å². The van der Waals surface area contributed by atoms with Gasteiger partial charge in [0, 0.05) is 36.4 Å². The Kier molecular flexibility index (Phi) is 2.57. The van der Waals surface area contributed by atoms with Crippen LogP contribution in [0.1, 0.15) is 51.4 Å². The van der Waals surface area contributed by atoms with Crippen LogP contribution in [0.2, 0.25) is 0 Å². The Bertz CT molecular complexity index is 520. The van der Waals surface area contributed by atoms with Gasteiger partial charge in [-0.25, -0.2) is 0 Å². The molecule has 0 unspecified atom stereocenters. The molecule has 104 valence electrons. The van der Waals surface area contributed by atoms with Crippen molar-refractivity contribution >= 4 is 5.91 Å². The van der Waals surface area contributed by atoms with Crippen LogP contribution in [0.4, 0.5) is 0 Å². The zero-order chi connectivity index (χ0) is 13.8. The third-order valence-electron chi connectivity index (χ3n) is 5.42. The molecule has 1 saturated heterocycles. The van der Waals surface area contributed by atoms with E-state index in [2.05, 4.69) is 25.9 Å². The lowest BCUT2D eigenvalue weighted by Crippen LogP contribution is -2.59. The predicted octanol–water partition coefficient (Wildman–Crippen LogP) is 2.53. The maximum atomic E-state index is 12.2. The van der Waals surface area contributed by atoms with E-state index in [4.69, 9.17) is 4.52 Å². The van der Waals surface area contributed by atoms with Crippen LogP contribution in [0.25, 0.3) is 0 Å². The van der Waals surface area contributed by atoms with E-state index in [9.17, 15) is 4.79 Å². The molecule has 1 aliphatic heterocycles. The summed E-state index contributed by atoms with van der Waals surface area (Å²) >= 11 is 0. The fourth-order valence-electron chi connectivity index (χ4n) is 4.30. The lowest BCUT2D eigenvalue weighted by atomic mass is 9.59. The summed E-state index contributed by atoms with van der Waals surface area (Å²) < 4.78 is 5.51. The van der Waals surface area contributed by atoms with Crippen molar-refractivity contribution in [3.8, 4) is 0 Å². The smallest absolute Gasteiger partial charge is 0.222 e. The van der Waals surface area contributed by atoms with E-state index in [0.717, 1.165) is 30.6 Å². The molecule has 2 atom stereocenters. The Hall–Kier alpha value is -1.32. The predicted molar refractivity (Wildman–Crippen MR) is 71.7 cm³/mol. The average molecular weight is 262 g/mol. The Labute approximate surface area is 114 Å². The summed E-state index contributed by atoms with van der Waals surface area (Å²) in [5.74, 6) is 1.69. The van der Waals surface area contributed by atoms with Gasteiger partial charge < -0.3 is 9.42 Å². The van der Waals surface area contributed by atoms with E-state index in [1.807, 2.05) is 18.1 Å². The van der Waals surface area contributed by atoms with Gasteiger partial charge >= 0.3 is 0 Å². The van der Waals surface area contributed by atoms with E-state index in [1.54, 1.807) is 0 Å². The van der Waals surface area contributed by atoms with Crippen molar-refractivity contribution in [2.75, 3.05) is 7.05 Å². The normalized spacial score (nSPS) is 33.6. The van der Waals surface area contributed by atoms with Gasteiger partial charge in [-0.05, 0) is 25.7 Å². The van der Waals surface area contributed by atoms with Crippen molar-refractivity contribution in [1.29, 1.82) is 0 Å². The monoisotopic (exact) mass is 262 g/mol. The first-order valence-corrected chi connectivity index (χ1v) is 7.08. The van der Waals surface area contributed by atoms with Gasteiger partial charge in [0.25, 0.3) is 0 Å². The first-order chi connectivity index (χ1) is 8.87. The molecule has 1 aromatic heterocycles. The van der Waals surface area contributed by atoms with Gasteiger partial charge in [0.15, 0.2) is 0 Å². The van der Waals surface area contributed by atoms with Crippen molar-refractivity contribution in [2.24, 2.45) is 5.92 Å². The highest BCUT2D eigenvalue weighted by molar-refractivity contribution is 5.77. The molecule has 1 aliphatic carbocycles. The number of likely N-dealkylation sites (N-methyl/N-ethyl adjacent to an activating group) is 1. The van der Waals surface area contributed by atoms with Crippen molar-refractivity contribution in [3.63, 3.8) is 0 Å². The minimum absolute atomic E-state index is 0.0717. The fraction of sp³-hybridized carbons (Fsp3) is 0.733. The molecule has 1 fully saturated rings. The zero-order valence-electron chi connectivity index (χ0n) is 12.2.